The fourth-order valence-electron chi connectivity index (χ4n) is 5.65. The Labute approximate surface area is 390 Å². The Hall–Kier alpha value is -5.23. The number of rotatable bonds is 40. The molecule has 0 N–H and O–H groups in total. The van der Waals surface area contributed by atoms with Gasteiger partial charge in [-0.3, -0.25) is 14.4 Å². The largest absolute Gasteiger partial charge is 0.462 e. The first kappa shape index (κ1) is 58.8. The van der Waals surface area contributed by atoms with Gasteiger partial charge < -0.3 is 14.2 Å². The molecule has 0 fully saturated rings. The van der Waals surface area contributed by atoms with Crippen LogP contribution in [0.5, 0.6) is 0 Å². The van der Waals surface area contributed by atoms with Crippen molar-refractivity contribution < 1.29 is 28.6 Å². The van der Waals surface area contributed by atoms with Gasteiger partial charge in [-0.25, -0.2) is 0 Å². The van der Waals surface area contributed by atoms with Crippen LogP contribution in [0, 0.1) is 0 Å². The van der Waals surface area contributed by atoms with Crippen LogP contribution >= 0.6 is 0 Å². The smallest absolute Gasteiger partial charge is 0.306 e. The summed E-state index contributed by atoms with van der Waals surface area (Å²) in [6.45, 7) is 6.09. The van der Waals surface area contributed by atoms with E-state index in [9.17, 15) is 14.4 Å². The molecule has 1 atom stereocenters. The molecule has 0 heterocycles. The SMILES string of the molecule is CC\C=C/C=C\C=C/C=C\C=C\C=C/CCCCCC(=O)OCC(COC(=O)CCCCC\C=C/C=C\C=C/C=C\CC)OC(=O)CCCCC/C=C\C/C=C\C/C=C\C/C=C\CC. The quantitative estimate of drug-likeness (QED) is 0.0201. The molecule has 0 saturated carbocycles. The van der Waals surface area contributed by atoms with Gasteiger partial charge in [0.2, 0.25) is 0 Å². The summed E-state index contributed by atoms with van der Waals surface area (Å²) in [5.41, 5.74) is 0. The Morgan fingerprint density at radius 1 is 0.328 bits per heavy atom. The Bertz CT molecular complexity index is 1570. The van der Waals surface area contributed by atoms with Crippen LogP contribution in [0.25, 0.3) is 0 Å². The number of hydrogen-bond acceptors (Lipinski definition) is 6. The van der Waals surface area contributed by atoms with Gasteiger partial charge in [0.25, 0.3) is 0 Å². The number of ether oxygens (including phenoxy) is 3. The number of carbonyl (C=O) groups excluding carboxylic acids is 3. The van der Waals surface area contributed by atoms with E-state index in [-0.39, 0.29) is 50.4 Å². The molecule has 0 aromatic heterocycles. The van der Waals surface area contributed by atoms with E-state index in [4.69, 9.17) is 14.2 Å². The minimum absolute atomic E-state index is 0.136. The first-order valence-corrected chi connectivity index (χ1v) is 24.3. The highest BCUT2D eigenvalue weighted by molar-refractivity contribution is 5.71. The third-order valence-corrected chi connectivity index (χ3v) is 9.20. The summed E-state index contributed by atoms with van der Waals surface area (Å²) in [4.78, 5) is 37.9. The number of esters is 3. The highest BCUT2D eigenvalue weighted by Gasteiger charge is 2.19. The second kappa shape index (κ2) is 50.4. The van der Waals surface area contributed by atoms with E-state index in [1.165, 1.54) is 0 Å². The third kappa shape index (κ3) is 47.8. The maximum Gasteiger partial charge on any atom is 0.306 e. The van der Waals surface area contributed by atoms with Gasteiger partial charge in [0.1, 0.15) is 13.2 Å². The first-order valence-electron chi connectivity index (χ1n) is 24.3. The van der Waals surface area contributed by atoms with Crippen molar-refractivity contribution in [3.63, 3.8) is 0 Å². The maximum absolute atomic E-state index is 12.8. The summed E-state index contributed by atoms with van der Waals surface area (Å²) in [5.74, 6) is -1.07. The Balaban J connectivity index is 4.65. The van der Waals surface area contributed by atoms with Crippen molar-refractivity contribution in [2.24, 2.45) is 0 Å². The maximum atomic E-state index is 12.8. The first-order chi connectivity index (χ1) is 31.5. The van der Waals surface area contributed by atoms with Crippen LogP contribution in [0.2, 0.25) is 0 Å². The molecule has 64 heavy (non-hydrogen) atoms. The lowest BCUT2D eigenvalue weighted by molar-refractivity contribution is -0.167. The summed E-state index contributed by atoms with van der Waals surface area (Å²) in [6.07, 6.45) is 74.7. The van der Waals surface area contributed by atoms with Crippen molar-refractivity contribution in [3.8, 4) is 0 Å². The highest BCUT2D eigenvalue weighted by Crippen LogP contribution is 2.11. The van der Waals surface area contributed by atoms with Crippen molar-refractivity contribution in [2.45, 2.75) is 162 Å². The highest BCUT2D eigenvalue weighted by atomic mass is 16.6. The minimum Gasteiger partial charge on any atom is -0.462 e. The molecule has 0 rings (SSSR count). The van der Waals surface area contributed by atoms with Crippen LogP contribution < -0.4 is 0 Å². The average molecular weight is 877 g/mol. The van der Waals surface area contributed by atoms with Gasteiger partial charge in [0.15, 0.2) is 6.10 Å². The molecule has 0 aliphatic carbocycles. The molecule has 0 amide bonds. The fourth-order valence-corrected chi connectivity index (χ4v) is 5.65. The predicted molar refractivity (Wildman–Crippen MR) is 274 cm³/mol. The van der Waals surface area contributed by atoms with Crippen LogP contribution in [0.1, 0.15) is 156 Å². The Morgan fingerprint density at radius 3 is 1.03 bits per heavy atom. The van der Waals surface area contributed by atoms with E-state index in [1.807, 2.05) is 97.2 Å². The average Bonchev–Trinajstić information content (AvgIpc) is 3.29. The van der Waals surface area contributed by atoms with E-state index in [0.717, 1.165) is 96.3 Å². The second-order valence-electron chi connectivity index (χ2n) is 15.1. The number of carbonyl (C=O) groups is 3. The summed E-state index contributed by atoms with van der Waals surface area (Å²) < 4.78 is 16.7. The van der Waals surface area contributed by atoms with Crippen LogP contribution in [-0.4, -0.2) is 37.2 Å². The summed E-state index contributed by atoms with van der Waals surface area (Å²) in [6, 6.07) is 0. The number of allylic oxidation sites excluding steroid dienone is 28. The molecule has 1 unspecified atom stereocenters. The van der Waals surface area contributed by atoms with E-state index >= 15 is 0 Å². The van der Waals surface area contributed by atoms with Gasteiger partial charge in [-0.1, -0.05) is 210 Å². The number of unbranched alkanes of at least 4 members (excludes halogenated alkanes) is 9. The zero-order valence-corrected chi connectivity index (χ0v) is 40.0. The third-order valence-electron chi connectivity index (χ3n) is 9.20. The molecule has 352 valence electrons. The van der Waals surface area contributed by atoms with Gasteiger partial charge in [0, 0.05) is 19.3 Å². The molecule has 6 heteroatoms. The molecule has 0 bridgehead atoms. The van der Waals surface area contributed by atoms with Gasteiger partial charge in [0.05, 0.1) is 0 Å². The standard InChI is InChI=1S/C58H84O6/c1-4-7-10-13-16-19-22-25-27-29-31-33-36-39-42-45-48-51-57(60)63-54-55(53-62-56(59)50-47-44-41-38-35-32-24-21-18-15-12-9-6-3)64-58(61)52-49-46-43-40-37-34-30-28-26-23-20-17-14-11-8-5-2/h7-13,15-22,24-29,31-37,55H,4-6,14,23,30,38-54H2,1-3H3/b10-7-,11-8-,12-9-,16-13-,18-15-,20-17-,22-19-,24-21-,27-25-,28-26-,31-29+,35-32-,36-33-,37-34-. The molecule has 0 spiro atoms. The zero-order chi connectivity index (χ0) is 46.5. The summed E-state index contributed by atoms with van der Waals surface area (Å²) in [7, 11) is 0. The molecular formula is C58H84O6. The van der Waals surface area contributed by atoms with Crippen molar-refractivity contribution >= 4 is 17.9 Å². The van der Waals surface area contributed by atoms with Crippen molar-refractivity contribution in [1.82, 2.24) is 0 Å². The Morgan fingerprint density at radius 2 is 0.641 bits per heavy atom. The lowest BCUT2D eigenvalue weighted by Gasteiger charge is -2.18. The summed E-state index contributed by atoms with van der Waals surface area (Å²) in [5, 5.41) is 0. The van der Waals surface area contributed by atoms with Crippen LogP contribution in [0.3, 0.4) is 0 Å². The Kier molecular flexibility index (Phi) is 46.3. The molecular weight excluding hydrogens is 793 g/mol. The molecule has 0 aliphatic rings. The lowest BCUT2D eigenvalue weighted by atomic mass is 10.1. The lowest BCUT2D eigenvalue weighted by Crippen LogP contribution is -2.30. The van der Waals surface area contributed by atoms with Crippen molar-refractivity contribution in [3.05, 3.63) is 170 Å². The van der Waals surface area contributed by atoms with E-state index in [2.05, 4.69) is 93.7 Å². The molecule has 0 radical (unpaired) electrons. The van der Waals surface area contributed by atoms with Crippen LogP contribution in [0.4, 0.5) is 0 Å². The van der Waals surface area contributed by atoms with Crippen molar-refractivity contribution in [1.29, 1.82) is 0 Å². The van der Waals surface area contributed by atoms with E-state index in [0.29, 0.717) is 19.3 Å². The van der Waals surface area contributed by atoms with Gasteiger partial charge in [-0.05, 0) is 96.3 Å². The minimum atomic E-state index is -0.839. The molecule has 0 aromatic rings. The zero-order valence-electron chi connectivity index (χ0n) is 40.0. The van der Waals surface area contributed by atoms with E-state index in [1.54, 1.807) is 0 Å². The molecule has 0 saturated heterocycles. The second-order valence-corrected chi connectivity index (χ2v) is 15.1. The van der Waals surface area contributed by atoms with Gasteiger partial charge in [-0.2, -0.15) is 0 Å². The van der Waals surface area contributed by atoms with Gasteiger partial charge >= 0.3 is 17.9 Å². The van der Waals surface area contributed by atoms with Crippen LogP contribution in [-0.2, 0) is 28.6 Å². The predicted octanol–water partition coefficient (Wildman–Crippen LogP) is 16.0. The molecule has 0 aromatic carbocycles. The number of hydrogen-bond donors (Lipinski definition) is 0. The van der Waals surface area contributed by atoms with Crippen molar-refractivity contribution in [2.75, 3.05) is 13.2 Å². The molecule has 0 aliphatic heterocycles. The fraction of sp³-hybridized carbons (Fsp3) is 0.466. The normalized spacial score (nSPS) is 13.6. The topological polar surface area (TPSA) is 78.9 Å². The van der Waals surface area contributed by atoms with E-state index < -0.39 is 6.10 Å². The van der Waals surface area contributed by atoms with Gasteiger partial charge in [-0.15, -0.1) is 0 Å². The summed E-state index contributed by atoms with van der Waals surface area (Å²) >= 11 is 0. The monoisotopic (exact) mass is 877 g/mol. The van der Waals surface area contributed by atoms with Crippen LogP contribution in [0.15, 0.2) is 170 Å². The molecule has 6 nitrogen and oxygen atoms in total.